The Kier molecular flexibility index (Phi) is 6.56. The van der Waals surface area contributed by atoms with Gasteiger partial charge in [0.25, 0.3) is 0 Å². The summed E-state index contributed by atoms with van der Waals surface area (Å²) >= 11 is 1.50. The molecule has 0 aliphatic carbocycles. The van der Waals surface area contributed by atoms with Gasteiger partial charge in [0.2, 0.25) is 5.91 Å². The molecule has 1 aromatic carbocycles. The molecule has 9 heteroatoms. The monoisotopic (exact) mass is 413 g/mol. The molecule has 1 unspecified atom stereocenters. The standard InChI is InChI=1S/C19H22F3N3O2S/c1-2-27-15-7-5-13(6-8-15)18-24-14(11-28-18)10-25-9-3-4-16(25)17(26)23-12-19(20,21)22/h5-8,11,16H,2-4,9-10,12H2,1H3,(H,23,26). The van der Waals surface area contributed by atoms with Gasteiger partial charge in [0.05, 0.1) is 18.3 Å². The molecule has 0 bridgehead atoms. The Morgan fingerprint density at radius 3 is 2.79 bits per heavy atom. The van der Waals surface area contributed by atoms with Gasteiger partial charge in [-0.3, -0.25) is 9.69 Å². The van der Waals surface area contributed by atoms with E-state index in [1.807, 2.05) is 46.8 Å². The fourth-order valence-electron chi connectivity index (χ4n) is 3.20. The number of thiazole rings is 1. The Hall–Kier alpha value is -2.13. The number of carbonyl (C=O) groups is 1. The highest BCUT2D eigenvalue weighted by Crippen LogP contribution is 2.28. The minimum Gasteiger partial charge on any atom is -0.494 e. The lowest BCUT2D eigenvalue weighted by molar-refractivity contribution is -0.141. The van der Waals surface area contributed by atoms with Crippen molar-refractivity contribution in [2.75, 3.05) is 19.7 Å². The molecular weight excluding hydrogens is 391 g/mol. The van der Waals surface area contributed by atoms with Gasteiger partial charge in [0, 0.05) is 17.5 Å². The molecule has 2 aromatic rings. The van der Waals surface area contributed by atoms with E-state index < -0.39 is 24.7 Å². The largest absolute Gasteiger partial charge is 0.494 e. The molecule has 0 radical (unpaired) electrons. The number of halogens is 3. The number of rotatable bonds is 7. The van der Waals surface area contributed by atoms with Gasteiger partial charge in [-0.25, -0.2) is 4.98 Å². The molecular formula is C19H22F3N3O2S. The molecule has 5 nitrogen and oxygen atoms in total. The minimum atomic E-state index is -4.40. The summed E-state index contributed by atoms with van der Waals surface area (Å²) in [4.78, 5) is 18.6. The average Bonchev–Trinajstić information content (AvgIpc) is 3.30. The van der Waals surface area contributed by atoms with Crippen LogP contribution in [0.1, 0.15) is 25.5 Å². The van der Waals surface area contributed by atoms with Gasteiger partial charge in [0.1, 0.15) is 17.3 Å². The van der Waals surface area contributed by atoms with Crippen molar-refractivity contribution < 1.29 is 22.7 Å². The van der Waals surface area contributed by atoms with E-state index in [1.54, 1.807) is 0 Å². The summed E-state index contributed by atoms with van der Waals surface area (Å²) in [5.74, 6) is 0.226. The first-order valence-electron chi connectivity index (χ1n) is 9.12. The number of alkyl halides is 3. The number of nitrogens with zero attached hydrogens (tertiary/aromatic N) is 2. The number of benzene rings is 1. The number of nitrogens with one attached hydrogen (secondary N) is 1. The quantitative estimate of drug-likeness (QED) is 0.749. The zero-order chi connectivity index (χ0) is 20.1. The van der Waals surface area contributed by atoms with Crippen molar-refractivity contribution in [2.45, 2.75) is 38.5 Å². The maximum absolute atomic E-state index is 12.3. The second kappa shape index (κ2) is 8.91. The van der Waals surface area contributed by atoms with Crippen LogP contribution in [0.5, 0.6) is 5.75 Å². The fourth-order valence-corrected chi connectivity index (χ4v) is 4.02. The van der Waals surface area contributed by atoms with Gasteiger partial charge in [-0.1, -0.05) is 0 Å². The number of carbonyl (C=O) groups excluding carboxylic acids is 1. The normalized spacial score (nSPS) is 17.6. The van der Waals surface area contributed by atoms with E-state index in [-0.39, 0.29) is 0 Å². The van der Waals surface area contributed by atoms with Crippen molar-refractivity contribution in [3.05, 3.63) is 35.3 Å². The number of aromatic nitrogens is 1. The summed E-state index contributed by atoms with van der Waals surface area (Å²) in [7, 11) is 0. The third kappa shape index (κ3) is 5.45. The SMILES string of the molecule is CCOc1ccc(-c2nc(CN3CCCC3C(=O)NCC(F)(F)F)cs2)cc1. The Bertz CT molecular complexity index is 792. The van der Waals surface area contributed by atoms with Gasteiger partial charge < -0.3 is 10.1 Å². The number of hydrogen-bond donors (Lipinski definition) is 1. The second-order valence-electron chi connectivity index (χ2n) is 6.56. The van der Waals surface area contributed by atoms with Crippen LogP contribution in [0.4, 0.5) is 13.2 Å². The van der Waals surface area contributed by atoms with Crippen molar-refractivity contribution in [1.82, 2.24) is 15.2 Å². The summed E-state index contributed by atoms with van der Waals surface area (Å²) in [5.41, 5.74) is 1.78. The third-order valence-electron chi connectivity index (χ3n) is 4.46. The van der Waals surface area contributed by atoms with Crippen molar-refractivity contribution in [2.24, 2.45) is 0 Å². The zero-order valence-electron chi connectivity index (χ0n) is 15.5. The maximum atomic E-state index is 12.3. The van der Waals surface area contributed by atoms with Crippen molar-refractivity contribution in [1.29, 1.82) is 0 Å². The van der Waals surface area contributed by atoms with Crippen molar-refractivity contribution in [3.63, 3.8) is 0 Å². The van der Waals surface area contributed by atoms with Crippen LogP contribution in [0.2, 0.25) is 0 Å². The van der Waals surface area contributed by atoms with E-state index >= 15 is 0 Å². The summed E-state index contributed by atoms with van der Waals surface area (Å²) in [6.45, 7) is 2.34. The molecule has 1 amide bonds. The molecule has 1 aliphatic rings. The van der Waals surface area contributed by atoms with Crippen LogP contribution in [0.15, 0.2) is 29.6 Å². The molecule has 2 heterocycles. The van der Waals surface area contributed by atoms with Gasteiger partial charge in [-0.2, -0.15) is 13.2 Å². The molecule has 1 atom stereocenters. The number of likely N-dealkylation sites (tertiary alicyclic amines) is 1. The first kappa shape index (κ1) is 20.6. The second-order valence-corrected chi connectivity index (χ2v) is 7.42. The van der Waals surface area contributed by atoms with Gasteiger partial charge in [-0.05, 0) is 50.6 Å². The van der Waals surface area contributed by atoms with E-state index in [0.717, 1.165) is 28.4 Å². The molecule has 0 saturated carbocycles. The lowest BCUT2D eigenvalue weighted by atomic mass is 10.2. The van der Waals surface area contributed by atoms with Crippen molar-refractivity contribution in [3.8, 4) is 16.3 Å². The van der Waals surface area contributed by atoms with E-state index in [1.165, 1.54) is 11.3 Å². The smallest absolute Gasteiger partial charge is 0.405 e. The van der Waals surface area contributed by atoms with E-state index in [2.05, 4.69) is 4.98 Å². The molecule has 0 spiro atoms. The average molecular weight is 413 g/mol. The Morgan fingerprint density at radius 2 is 2.11 bits per heavy atom. The molecule has 28 heavy (non-hydrogen) atoms. The number of hydrogen-bond acceptors (Lipinski definition) is 5. The highest BCUT2D eigenvalue weighted by molar-refractivity contribution is 7.13. The van der Waals surface area contributed by atoms with E-state index in [4.69, 9.17) is 4.74 Å². The lowest BCUT2D eigenvalue weighted by Crippen LogP contribution is -2.45. The number of ether oxygens (including phenoxy) is 1. The molecule has 1 aliphatic heterocycles. The van der Waals surface area contributed by atoms with E-state index in [9.17, 15) is 18.0 Å². The Labute approximate surface area is 165 Å². The van der Waals surface area contributed by atoms with Crippen LogP contribution < -0.4 is 10.1 Å². The lowest BCUT2D eigenvalue weighted by Gasteiger charge is -2.23. The fraction of sp³-hybridized carbons (Fsp3) is 0.474. The summed E-state index contributed by atoms with van der Waals surface area (Å²) in [5, 5.41) is 4.77. The van der Waals surface area contributed by atoms with Crippen LogP contribution in [0.25, 0.3) is 10.6 Å². The third-order valence-corrected chi connectivity index (χ3v) is 5.40. The minimum absolute atomic E-state index is 0.442. The molecule has 1 aromatic heterocycles. The predicted molar refractivity (Wildman–Crippen MR) is 101 cm³/mol. The van der Waals surface area contributed by atoms with Gasteiger partial charge >= 0.3 is 6.18 Å². The topological polar surface area (TPSA) is 54.5 Å². The zero-order valence-corrected chi connectivity index (χ0v) is 16.3. The van der Waals surface area contributed by atoms with Crippen LogP contribution in [0.3, 0.4) is 0 Å². The first-order chi connectivity index (χ1) is 13.4. The highest BCUT2D eigenvalue weighted by atomic mass is 32.1. The summed E-state index contributed by atoms with van der Waals surface area (Å²) in [6.07, 6.45) is -3.07. The highest BCUT2D eigenvalue weighted by Gasteiger charge is 2.34. The molecule has 1 fully saturated rings. The molecule has 3 rings (SSSR count). The first-order valence-corrected chi connectivity index (χ1v) is 10.00. The van der Waals surface area contributed by atoms with Gasteiger partial charge in [-0.15, -0.1) is 11.3 Å². The van der Waals surface area contributed by atoms with Gasteiger partial charge in [0.15, 0.2) is 0 Å². The molecule has 152 valence electrons. The summed E-state index contributed by atoms with van der Waals surface area (Å²) in [6, 6.07) is 7.12. The number of amides is 1. The van der Waals surface area contributed by atoms with Crippen LogP contribution >= 0.6 is 11.3 Å². The Balaban J connectivity index is 1.61. The maximum Gasteiger partial charge on any atom is 0.405 e. The van der Waals surface area contributed by atoms with Crippen LogP contribution in [-0.4, -0.2) is 47.7 Å². The molecule has 1 saturated heterocycles. The Morgan fingerprint density at radius 1 is 1.36 bits per heavy atom. The predicted octanol–water partition coefficient (Wildman–Crippen LogP) is 3.85. The summed E-state index contributed by atoms with van der Waals surface area (Å²) < 4.78 is 42.4. The van der Waals surface area contributed by atoms with Crippen LogP contribution in [-0.2, 0) is 11.3 Å². The van der Waals surface area contributed by atoms with Crippen LogP contribution in [0, 0.1) is 0 Å². The van der Waals surface area contributed by atoms with E-state index in [0.29, 0.717) is 26.1 Å². The van der Waals surface area contributed by atoms with Crippen molar-refractivity contribution >= 4 is 17.2 Å². The molecule has 1 N–H and O–H groups in total.